The molecule has 3 amide bonds. The molecule has 0 unspecified atom stereocenters. The number of nitrogens with one attached hydrogen (secondary N) is 1. The van der Waals surface area contributed by atoms with Crippen molar-refractivity contribution in [1.29, 1.82) is 0 Å². The fourth-order valence-corrected chi connectivity index (χ4v) is 3.02. The minimum absolute atomic E-state index is 0.172. The third kappa shape index (κ3) is 3.98. The molecule has 0 spiro atoms. The summed E-state index contributed by atoms with van der Waals surface area (Å²) in [5.74, 6) is 1.48. The lowest BCUT2D eigenvalue weighted by molar-refractivity contribution is 0.0640. The van der Waals surface area contributed by atoms with Gasteiger partial charge in [-0.1, -0.05) is 0 Å². The molecule has 1 N–H and O–H groups in total. The van der Waals surface area contributed by atoms with E-state index in [1.54, 1.807) is 34.1 Å². The number of furan rings is 1. The van der Waals surface area contributed by atoms with Crippen LogP contribution in [0.4, 0.5) is 10.5 Å². The molecule has 1 aliphatic heterocycles. The number of hydrogen-bond donors (Lipinski definition) is 1. The number of hydrogen-bond acceptors (Lipinski definition) is 6. The maximum Gasteiger partial charge on any atom is 0.321 e. The second kappa shape index (κ2) is 8.55. The highest BCUT2D eigenvalue weighted by Crippen LogP contribution is 2.40. The van der Waals surface area contributed by atoms with Crippen LogP contribution in [0.1, 0.15) is 10.6 Å². The number of carbonyl (C=O) groups excluding carboxylic acids is 2. The quantitative estimate of drug-likeness (QED) is 0.843. The van der Waals surface area contributed by atoms with Gasteiger partial charge in [0.25, 0.3) is 5.91 Å². The molecule has 0 aliphatic carbocycles. The first-order chi connectivity index (χ1) is 13.6. The third-order valence-electron chi connectivity index (χ3n) is 4.50. The number of urea groups is 1. The summed E-state index contributed by atoms with van der Waals surface area (Å²) in [6, 6.07) is 6.37. The number of nitrogens with zero attached hydrogens (tertiary/aromatic N) is 2. The minimum atomic E-state index is -0.264. The highest BCUT2D eigenvalue weighted by atomic mass is 16.5. The number of carbonyl (C=O) groups is 2. The molecule has 1 aromatic carbocycles. The monoisotopic (exact) mass is 389 g/mol. The van der Waals surface area contributed by atoms with Crippen LogP contribution in [0.5, 0.6) is 17.2 Å². The van der Waals surface area contributed by atoms with E-state index in [1.165, 1.54) is 27.6 Å². The molecule has 9 heteroatoms. The molecule has 3 rings (SSSR count). The molecule has 2 heterocycles. The number of benzene rings is 1. The Balaban J connectivity index is 1.62. The normalized spacial score (nSPS) is 13.8. The summed E-state index contributed by atoms with van der Waals surface area (Å²) in [7, 11) is 4.54. The lowest BCUT2D eigenvalue weighted by atomic mass is 10.2. The molecule has 0 saturated carbocycles. The Morgan fingerprint density at radius 3 is 2.07 bits per heavy atom. The molecule has 1 aromatic heterocycles. The van der Waals surface area contributed by atoms with Gasteiger partial charge < -0.3 is 33.7 Å². The van der Waals surface area contributed by atoms with Gasteiger partial charge in [0.15, 0.2) is 17.3 Å². The van der Waals surface area contributed by atoms with E-state index in [9.17, 15) is 9.59 Å². The van der Waals surface area contributed by atoms with Crippen molar-refractivity contribution in [2.24, 2.45) is 0 Å². The van der Waals surface area contributed by atoms with E-state index in [4.69, 9.17) is 18.6 Å². The number of ether oxygens (including phenoxy) is 3. The molecule has 1 aliphatic rings. The van der Waals surface area contributed by atoms with Crippen LogP contribution in [0, 0.1) is 0 Å². The average molecular weight is 389 g/mol. The Bertz CT molecular complexity index is 803. The van der Waals surface area contributed by atoms with E-state index >= 15 is 0 Å². The van der Waals surface area contributed by atoms with Crippen LogP contribution in [0.15, 0.2) is 34.9 Å². The second-order valence-electron chi connectivity index (χ2n) is 6.10. The molecule has 0 radical (unpaired) electrons. The minimum Gasteiger partial charge on any atom is -0.493 e. The predicted molar refractivity (Wildman–Crippen MR) is 101 cm³/mol. The van der Waals surface area contributed by atoms with Crippen LogP contribution in [0.25, 0.3) is 0 Å². The molecule has 0 bridgehead atoms. The van der Waals surface area contributed by atoms with Gasteiger partial charge in [-0.2, -0.15) is 0 Å². The molecule has 0 atom stereocenters. The topological polar surface area (TPSA) is 93.5 Å². The van der Waals surface area contributed by atoms with Crippen molar-refractivity contribution in [3.8, 4) is 17.2 Å². The van der Waals surface area contributed by atoms with Crippen molar-refractivity contribution >= 4 is 17.6 Å². The van der Waals surface area contributed by atoms with Gasteiger partial charge in [0.05, 0.1) is 33.3 Å². The standard InChI is InChI=1S/C19H23N3O6/c1-25-15-11-13(12-16(26-2)17(15)27-3)20-19(24)22-8-6-21(7-9-22)18(23)14-5-4-10-28-14/h4-5,10-12H,6-9H2,1-3H3,(H,20,24). The molecule has 1 saturated heterocycles. The van der Waals surface area contributed by atoms with Crippen LogP contribution < -0.4 is 19.5 Å². The second-order valence-corrected chi connectivity index (χ2v) is 6.10. The smallest absolute Gasteiger partial charge is 0.321 e. The van der Waals surface area contributed by atoms with Crippen molar-refractivity contribution in [2.45, 2.75) is 0 Å². The maximum absolute atomic E-state index is 12.6. The van der Waals surface area contributed by atoms with Crippen molar-refractivity contribution < 1.29 is 28.2 Å². The highest BCUT2D eigenvalue weighted by Gasteiger charge is 2.26. The Hall–Kier alpha value is -3.36. The lowest BCUT2D eigenvalue weighted by Crippen LogP contribution is -2.51. The summed E-state index contributed by atoms with van der Waals surface area (Å²) in [4.78, 5) is 28.2. The van der Waals surface area contributed by atoms with Gasteiger partial charge in [0, 0.05) is 38.3 Å². The number of amides is 3. The largest absolute Gasteiger partial charge is 0.493 e. The number of piperazine rings is 1. The van der Waals surface area contributed by atoms with E-state index < -0.39 is 0 Å². The van der Waals surface area contributed by atoms with Crippen LogP contribution in [0.2, 0.25) is 0 Å². The zero-order valence-corrected chi connectivity index (χ0v) is 16.1. The van der Waals surface area contributed by atoms with Gasteiger partial charge in [-0.15, -0.1) is 0 Å². The summed E-state index contributed by atoms with van der Waals surface area (Å²) >= 11 is 0. The van der Waals surface area contributed by atoms with Crippen LogP contribution in [-0.2, 0) is 0 Å². The molecule has 9 nitrogen and oxygen atoms in total. The van der Waals surface area contributed by atoms with Crippen LogP contribution in [0.3, 0.4) is 0 Å². The van der Waals surface area contributed by atoms with E-state index in [0.717, 1.165) is 0 Å². The van der Waals surface area contributed by atoms with Gasteiger partial charge in [0.2, 0.25) is 5.75 Å². The first kappa shape index (κ1) is 19.4. The Morgan fingerprint density at radius 2 is 1.57 bits per heavy atom. The zero-order valence-electron chi connectivity index (χ0n) is 16.1. The van der Waals surface area contributed by atoms with E-state index in [0.29, 0.717) is 54.9 Å². The summed E-state index contributed by atoms with van der Waals surface area (Å²) in [5, 5.41) is 2.83. The first-order valence-corrected chi connectivity index (χ1v) is 8.76. The van der Waals surface area contributed by atoms with Gasteiger partial charge in [-0.05, 0) is 12.1 Å². The Labute approximate surface area is 162 Å². The lowest BCUT2D eigenvalue weighted by Gasteiger charge is -2.34. The molecular formula is C19H23N3O6. The average Bonchev–Trinajstić information content (AvgIpc) is 3.27. The fraction of sp³-hybridized carbons (Fsp3) is 0.368. The summed E-state index contributed by atoms with van der Waals surface area (Å²) in [6.45, 7) is 1.70. The Kier molecular flexibility index (Phi) is 5.93. The van der Waals surface area contributed by atoms with E-state index in [-0.39, 0.29) is 11.9 Å². The SMILES string of the molecule is COc1cc(NC(=O)N2CCN(C(=O)c3ccco3)CC2)cc(OC)c1OC. The number of methoxy groups -OCH3 is 3. The number of anilines is 1. The molecule has 150 valence electrons. The van der Waals surface area contributed by atoms with E-state index in [1.807, 2.05) is 0 Å². The summed E-state index contributed by atoms with van der Waals surface area (Å²) in [5.41, 5.74) is 0.522. The van der Waals surface area contributed by atoms with Gasteiger partial charge in [-0.25, -0.2) is 4.79 Å². The van der Waals surface area contributed by atoms with Gasteiger partial charge in [0.1, 0.15) is 0 Å². The van der Waals surface area contributed by atoms with Crippen LogP contribution >= 0.6 is 0 Å². The predicted octanol–water partition coefficient (Wildman–Crippen LogP) is 2.30. The van der Waals surface area contributed by atoms with Gasteiger partial charge in [-0.3, -0.25) is 4.79 Å². The third-order valence-corrected chi connectivity index (χ3v) is 4.50. The van der Waals surface area contributed by atoms with Crippen molar-refractivity contribution in [3.05, 3.63) is 36.3 Å². The molecule has 2 aromatic rings. The van der Waals surface area contributed by atoms with Gasteiger partial charge >= 0.3 is 6.03 Å². The zero-order chi connectivity index (χ0) is 20.1. The first-order valence-electron chi connectivity index (χ1n) is 8.76. The Morgan fingerprint density at radius 1 is 0.964 bits per heavy atom. The summed E-state index contributed by atoms with van der Waals surface area (Å²) in [6.07, 6.45) is 1.47. The van der Waals surface area contributed by atoms with Crippen molar-refractivity contribution in [2.75, 3.05) is 52.8 Å². The molecule has 1 fully saturated rings. The fourth-order valence-electron chi connectivity index (χ4n) is 3.02. The summed E-state index contributed by atoms with van der Waals surface area (Å²) < 4.78 is 21.0. The molecular weight excluding hydrogens is 366 g/mol. The van der Waals surface area contributed by atoms with Crippen molar-refractivity contribution in [3.63, 3.8) is 0 Å². The van der Waals surface area contributed by atoms with Crippen LogP contribution in [-0.4, -0.2) is 69.2 Å². The molecule has 28 heavy (non-hydrogen) atoms. The highest BCUT2D eigenvalue weighted by molar-refractivity contribution is 5.92. The number of rotatable bonds is 5. The maximum atomic E-state index is 12.6. The van der Waals surface area contributed by atoms with E-state index in [2.05, 4.69) is 5.32 Å². The van der Waals surface area contributed by atoms with Crippen molar-refractivity contribution in [1.82, 2.24) is 9.80 Å².